The van der Waals surface area contributed by atoms with Gasteiger partial charge in [-0.15, -0.1) is 0 Å². The van der Waals surface area contributed by atoms with Crippen molar-refractivity contribution in [2.75, 3.05) is 31.2 Å². The Morgan fingerprint density at radius 1 is 1.06 bits per heavy atom. The first kappa shape index (κ1) is 22.5. The molecule has 0 radical (unpaired) electrons. The van der Waals surface area contributed by atoms with E-state index in [4.69, 9.17) is 10.5 Å². The number of hydrogen-bond acceptors (Lipinski definition) is 6. The lowest BCUT2D eigenvalue weighted by Gasteiger charge is -2.31. The number of anilines is 2. The number of methoxy groups -OCH3 is 1. The molecule has 1 aromatic heterocycles. The van der Waals surface area contributed by atoms with Gasteiger partial charge in [-0.3, -0.25) is 19.5 Å². The van der Waals surface area contributed by atoms with Gasteiger partial charge >= 0.3 is 0 Å². The highest BCUT2D eigenvalue weighted by molar-refractivity contribution is 6.15. The van der Waals surface area contributed by atoms with Crippen LogP contribution < -0.4 is 15.8 Å². The normalized spacial score (nSPS) is 14.6. The highest BCUT2D eigenvalue weighted by Gasteiger charge is 2.27. The standard InChI is InChI=1S/C26H28N4O3/c1-33-21-7-5-19(6-8-21)25(31)22-3-2-4-23(27)24(22)29-26(32)20-11-15-30(16-12-20)17-18-9-13-28-14-10-18/h2-10,13-14,20H,11-12,15-17,27H2,1H3,(H,29,32). The van der Waals surface area contributed by atoms with E-state index >= 15 is 0 Å². The number of ketones is 1. The molecule has 0 aliphatic carbocycles. The van der Waals surface area contributed by atoms with Gasteiger partial charge in [0, 0.05) is 36.0 Å². The summed E-state index contributed by atoms with van der Waals surface area (Å²) in [6.07, 6.45) is 5.10. The molecule has 7 heteroatoms. The number of carbonyl (C=O) groups excluding carboxylic acids is 2. The summed E-state index contributed by atoms with van der Waals surface area (Å²) in [5.74, 6) is 0.248. The first-order valence-electron chi connectivity index (χ1n) is 11.0. The lowest BCUT2D eigenvalue weighted by atomic mass is 9.94. The second kappa shape index (κ2) is 10.3. The van der Waals surface area contributed by atoms with Gasteiger partial charge in [-0.1, -0.05) is 6.07 Å². The summed E-state index contributed by atoms with van der Waals surface area (Å²) in [6.45, 7) is 2.52. The topological polar surface area (TPSA) is 97.5 Å². The number of piperidine rings is 1. The van der Waals surface area contributed by atoms with Gasteiger partial charge in [0.25, 0.3) is 0 Å². The average Bonchev–Trinajstić information content (AvgIpc) is 2.86. The zero-order chi connectivity index (χ0) is 23.2. The zero-order valence-corrected chi connectivity index (χ0v) is 18.7. The summed E-state index contributed by atoms with van der Waals surface area (Å²) < 4.78 is 5.16. The van der Waals surface area contributed by atoms with Gasteiger partial charge in [-0.05, 0) is 80.0 Å². The van der Waals surface area contributed by atoms with Crippen LogP contribution in [-0.4, -0.2) is 41.8 Å². The van der Waals surface area contributed by atoms with Crippen molar-refractivity contribution < 1.29 is 14.3 Å². The fourth-order valence-electron chi connectivity index (χ4n) is 4.12. The van der Waals surface area contributed by atoms with Gasteiger partial charge < -0.3 is 15.8 Å². The molecule has 0 saturated carbocycles. The molecule has 3 N–H and O–H groups in total. The minimum absolute atomic E-state index is 0.0970. The molecule has 2 heterocycles. The number of nitrogens with zero attached hydrogens (tertiary/aromatic N) is 2. The van der Waals surface area contributed by atoms with Crippen molar-refractivity contribution in [3.63, 3.8) is 0 Å². The summed E-state index contributed by atoms with van der Waals surface area (Å²) in [6, 6.07) is 16.0. The molecule has 33 heavy (non-hydrogen) atoms. The molecular weight excluding hydrogens is 416 g/mol. The van der Waals surface area contributed by atoms with Crippen molar-refractivity contribution in [1.82, 2.24) is 9.88 Å². The van der Waals surface area contributed by atoms with Crippen LogP contribution in [-0.2, 0) is 11.3 Å². The van der Waals surface area contributed by atoms with Crippen molar-refractivity contribution in [2.45, 2.75) is 19.4 Å². The molecule has 0 atom stereocenters. The van der Waals surface area contributed by atoms with Gasteiger partial charge in [0.05, 0.1) is 18.5 Å². The number of rotatable bonds is 7. The number of nitrogens with two attached hydrogens (primary N) is 1. The molecule has 0 unspecified atom stereocenters. The fourth-order valence-corrected chi connectivity index (χ4v) is 4.12. The van der Waals surface area contributed by atoms with E-state index in [0.717, 1.165) is 32.5 Å². The number of pyridine rings is 1. The van der Waals surface area contributed by atoms with Crippen LogP contribution in [0, 0.1) is 5.92 Å². The minimum atomic E-state index is -0.201. The Bertz CT molecular complexity index is 1110. The summed E-state index contributed by atoms with van der Waals surface area (Å²) in [5.41, 5.74) is 9.01. The van der Waals surface area contributed by atoms with Crippen molar-refractivity contribution in [1.29, 1.82) is 0 Å². The molecule has 1 fully saturated rings. The van der Waals surface area contributed by atoms with Crippen LogP contribution in [0.2, 0.25) is 0 Å². The van der Waals surface area contributed by atoms with E-state index in [1.54, 1.807) is 62.0 Å². The molecule has 1 saturated heterocycles. The van der Waals surface area contributed by atoms with E-state index in [1.165, 1.54) is 5.56 Å². The Morgan fingerprint density at radius 3 is 2.42 bits per heavy atom. The van der Waals surface area contributed by atoms with Crippen LogP contribution in [0.4, 0.5) is 11.4 Å². The maximum atomic E-state index is 13.1. The third-order valence-corrected chi connectivity index (χ3v) is 6.06. The molecule has 1 amide bonds. The van der Waals surface area contributed by atoms with Crippen LogP contribution >= 0.6 is 0 Å². The van der Waals surface area contributed by atoms with E-state index in [-0.39, 0.29) is 17.6 Å². The predicted octanol–water partition coefficient (Wildman–Crippen LogP) is 3.75. The number of nitrogen functional groups attached to an aromatic ring is 1. The Labute approximate surface area is 193 Å². The highest BCUT2D eigenvalue weighted by atomic mass is 16.5. The van der Waals surface area contributed by atoms with E-state index < -0.39 is 0 Å². The number of aromatic nitrogens is 1. The monoisotopic (exact) mass is 444 g/mol. The highest BCUT2D eigenvalue weighted by Crippen LogP contribution is 2.29. The summed E-state index contributed by atoms with van der Waals surface area (Å²) in [7, 11) is 1.58. The maximum Gasteiger partial charge on any atom is 0.227 e. The Kier molecular flexibility index (Phi) is 7.00. The molecule has 4 rings (SSSR count). The number of hydrogen-bond donors (Lipinski definition) is 2. The van der Waals surface area contributed by atoms with Crippen LogP contribution in [0.3, 0.4) is 0 Å². The molecule has 170 valence electrons. The summed E-state index contributed by atoms with van der Waals surface area (Å²) in [5, 5.41) is 2.95. The van der Waals surface area contributed by atoms with Crippen molar-refractivity contribution >= 4 is 23.1 Å². The first-order valence-corrected chi connectivity index (χ1v) is 11.0. The number of ether oxygens (including phenoxy) is 1. The fraction of sp³-hybridized carbons (Fsp3) is 0.269. The second-order valence-corrected chi connectivity index (χ2v) is 8.22. The summed E-state index contributed by atoms with van der Waals surface area (Å²) in [4.78, 5) is 32.6. The zero-order valence-electron chi connectivity index (χ0n) is 18.7. The van der Waals surface area contributed by atoms with Gasteiger partial charge in [-0.2, -0.15) is 0 Å². The number of carbonyl (C=O) groups is 2. The molecule has 0 spiro atoms. The Hall–Kier alpha value is -3.71. The van der Waals surface area contributed by atoms with Crippen molar-refractivity contribution in [3.05, 3.63) is 83.7 Å². The largest absolute Gasteiger partial charge is 0.497 e. The van der Waals surface area contributed by atoms with Crippen LogP contribution in [0.1, 0.15) is 34.3 Å². The molecule has 1 aliphatic heterocycles. The average molecular weight is 445 g/mol. The van der Waals surface area contributed by atoms with Crippen LogP contribution in [0.5, 0.6) is 5.75 Å². The second-order valence-electron chi connectivity index (χ2n) is 8.22. The van der Waals surface area contributed by atoms with Crippen LogP contribution in [0.25, 0.3) is 0 Å². The number of nitrogens with one attached hydrogen (secondary N) is 1. The predicted molar refractivity (Wildman–Crippen MR) is 128 cm³/mol. The van der Waals surface area contributed by atoms with E-state index in [2.05, 4.69) is 15.2 Å². The van der Waals surface area contributed by atoms with E-state index in [0.29, 0.717) is 28.3 Å². The smallest absolute Gasteiger partial charge is 0.227 e. The van der Waals surface area contributed by atoms with Crippen molar-refractivity contribution in [2.24, 2.45) is 5.92 Å². The minimum Gasteiger partial charge on any atom is -0.497 e. The molecule has 0 bridgehead atoms. The molecule has 3 aromatic rings. The maximum absolute atomic E-state index is 13.1. The third kappa shape index (κ3) is 5.38. The molecule has 1 aliphatic rings. The SMILES string of the molecule is COc1ccc(C(=O)c2cccc(N)c2NC(=O)C2CCN(Cc3ccncc3)CC2)cc1. The number of para-hydroxylation sites is 1. The third-order valence-electron chi connectivity index (χ3n) is 6.06. The number of amides is 1. The van der Waals surface area contributed by atoms with E-state index in [1.807, 2.05) is 12.1 Å². The molecular formula is C26H28N4O3. The van der Waals surface area contributed by atoms with Gasteiger partial charge in [-0.25, -0.2) is 0 Å². The number of benzene rings is 2. The quantitative estimate of drug-likeness (QED) is 0.425. The van der Waals surface area contributed by atoms with Gasteiger partial charge in [0.2, 0.25) is 5.91 Å². The molecule has 7 nitrogen and oxygen atoms in total. The summed E-state index contributed by atoms with van der Waals surface area (Å²) >= 11 is 0. The van der Waals surface area contributed by atoms with Gasteiger partial charge in [0.1, 0.15) is 5.75 Å². The van der Waals surface area contributed by atoms with Crippen LogP contribution in [0.15, 0.2) is 67.0 Å². The Balaban J connectivity index is 1.42. The lowest BCUT2D eigenvalue weighted by molar-refractivity contribution is -0.121. The van der Waals surface area contributed by atoms with Crippen molar-refractivity contribution in [3.8, 4) is 5.75 Å². The number of likely N-dealkylation sites (tertiary alicyclic amines) is 1. The Morgan fingerprint density at radius 2 is 1.76 bits per heavy atom. The van der Waals surface area contributed by atoms with Gasteiger partial charge in [0.15, 0.2) is 5.78 Å². The molecule has 2 aromatic carbocycles. The first-order chi connectivity index (χ1) is 16.0. The van der Waals surface area contributed by atoms with E-state index in [9.17, 15) is 9.59 Å². The lowest BCUT2D eigenvalue weighted by Crippen LogP contribution is -2.38.